The van der Waals surface area contributed by atoms with Crippen molar-refractivity contribution in [2.75, 3.05) is 19.1 Å². The van der Waals surface area contributed by atoms with Crippen LogP contribution in [0.5, 0.6) is 5.88 Å². The summed E-state index contributed by atoms with van der Waals surface area (Å²) in [6.07, 6.45) is 1.40. The van der Waals surface area contributed by atoms with Gasteiger partial charge in [-0.1, -0.05) is 12.1 Å². The number of anilines is 1. The van der Waals surface area contributed by atoms with Gasteiger partial charge in [-0.2, -0.15) is 0 Å². The minimum absolute atomic E-state index is 0.0809. The third-order valence-corrected chi connectivity index (χ3v) is 3.30. The molecule has 0 spiro atoms. The van der Waals surface area contributed by atoms with Crippen LogP contribution in [0.4, 0.5) is 5.69 Å². The van der Waals surface area contributed by atoms with Gasteiger partial charge < -0.3 is 14.7 Å². The van der Waals surface area contributed by atoms with Crippen molar-refractivity contribution in [3.63, 3.8) is 0 Å². The van der Waals surface area contributed by atoms with Crippen LogP contribution in [0.15, 0.2) is 36.5 Å². The molecule has 0 aliphatic carbocycles. The number of aryl methyl sites for hydroxylation is 1. The molecule has 1 aromatic carbocycles. The summed E-state index contributed by atoms with van der Waals surface area (Å²) in [5, 5.41) is 9.29. The first-order chi connectivity index (χ1) is 10.5. The van der Waals surface area contributed by atoms with Gasteiger partial charge in [-0.3, -0.25) is 4.79 Å². The Hall–Kier alpha value is -2.89. The number of ether oxygens (including phenoxy) is 1. The van der Waals surface area contributed by atoms with E-state index in [2.05, 4.69) is 4.98 Å². The molecule has 0 saturated carbocycles. The van der Waals surface area contributed by atoms with Crippen LogP contribution < -0.4 is 9.64 Å². The van der Waals surface area contributed by atoms with Gasteiger partial charge in [0.2, 0.25) is 5.88 Å². The highest BCUT2D eigenvalue weighted by Crippen LogP contribution is 2.25. The maximum Gasteiger partial charge on any atom is 0.337 e. The topological polar surface area (TPSA) is 79.7 Å². The second-order valence-corrected chi connectivity index (χ2v) is 4.73. The molecule has 0 aliphatic rings. The summed E-state index contributed by atoms with van der Waals surface area (Å²) in [6, 6.07) is 8.05. The lowest BCUT2D eigenvalue weighted by atomic mass is 10.1. The monoisotopic (exact) mass is 300 g/mol. The zero-order valence-electron chi connectivity index (χ0n) is 12.5. The van der Waals surface area contributed by atoms with Gasteiger partial charge in [-0.15, -0.1) is 0 Å². The van der Waals surface area contributed by atoms with Gasteiger partial charge in [0.15, 0.2) is 0 Å². The minimum atomic E-state index is -1.08. The van der Waals surface area contributed by atoms with Crippen LogP contribution in [-0.2, 0) is 0 Å². The molecule has 1 amide bonds. The summed E-state index contributed by atoms with van der Waals surface area (Å²) in [5.41, 5.74) is 1.51. The number of carbonyl (C=O) groups excluding carboxylic acids is 1. The molecule has 2 rings (SSSR count). The number of nitrogens with zero attached hydrogens (tertiary/aromatic N) is 2. The summed E-state index contributed by atoms with van der Waals surface area (Å²) in [4.78, 5) is 29.2. The van der Waals surface area contributed by atoms with Crippen molar-refractivity contribution in [2.24, 2.45) is 0 Å². The maximum absolute atomic E-state index is 12.5. The molecular formula is C16H16N2O4. The van der Waals surface area contributed by atoms with Crippen molar-refractivity contribution < 1.29 is 19.4 Å². The third-order valence-electron chi connectivity index (χ3n) is 3.30. The summed E-state index contributed by atoms with van der Waals surface area (Å²) >= 11 is 0. The molecule has 0 unspecified atom stereocenters. The molecular weight excluding hydrogens is 284 g/mol. The van der Waals surface area contributed by atoms with Crippen LogP contribution in [0.1, 0.15) is 26.3 Å². The third kappa shape index (κ3) is 2.90. The van der Waals surface area contributed by atoms with E-state index in [1.807, 2.05) is 0 Å². The SMILES string of the molecule is COc1ccc(C(=O)N(C)c2c(C)cccc2C(=O)O)cn1. The van der Waals surface area contributed by atoms with Gasteiger partial charge >= 0.3 is 5.97 Å². The molecule has 0 bridgehead atoms. The average molecular weight is 300 g/mol. The lowest BCUT2D eigenvalue weighted by molar-refractivity contribution is 0.0697. The Kier molecular flexibility index (Phi) is 4.41. The van der Waals surface area contributed by atoms with Crippen molar-refractivity contribution in [3.05, 3.63) is 53.2 Å². The number of benzene rings is 1. The number of pyridine rings is 1. The standard InChI is InChI=1S/C16H16N2O4/c1-10-5-4-6-12(16(20)21)14(10)18(2)15(19)11-7-8-13(22-3)17-9-11/h4-9H,1-3H3,(H,20,21). The molecule has 1 N–H and O–H groups in total. The van der Waals surface area contributed by atoms with Gasteiger partial charge in [0.05, 0.1) is 23.9 Å². The van der Waals surface area contributed by atoms with E-state index in [1.54, 1.807) is 38.2 Å². The Morgan fingerprint density at radius 2 is 1.95 bits per heavy atom. The molecule has 114 valence electrons. The van der Waals surface area contributed by atoms with Gasteiger partial charge in [-0.05, 0) is 24.6 Å². The second kappa shape index (κ2) is 6.26. The molecule has 1 aromatic heterocycles. The van der Waals surface area contributed by atoms with Crippen LogP contribution in [0.25, 0.3) is 0 Å². The number of carboxylic acid groups (broad SMARTS) is 1. The summed E-state index contributed by atoms with van der Waals surface area (Å²) in [6.45, 7) is 1.76. The Morgan fingerprint density at radius 1 is 1.23 bits per heavy atom. The predicted octanol–water partition coefficient (Wildman–Crippen LogP) is 2.37. The van der Waals surface area contributed by atoms with E-state index in [1.165, 1.54) is 24.3 Å². The van der Waals surface area contributed by atoms with E-state index < -0.39 is 5.97 Å². The molecule has 0 atom stereocenters. The van der Waals surface area contributed by atoms with Crippen molar-refractivity contribution >= 4 is 17.6 Å². The summed E-state index contributed by atoms with van der Waals surface area (Å²) in [5.74, 6) is -1.01. The van der Waals surface area contributed by atoms with Crippen LogP contribution in [0.2, 0.25) is 0 Å². The van der Waals surface area contributed by atoms with E-state index >= 15 is 0 Å². The number of carboxylic acids is 1. The first-order valence-corrected chi connectivity index (χ1v) is 6.56. The van der Waals surface area contributed by atoms with E-state index in [0.29, 0.717) is 22.7 Å². The lowest BCUT2D eigenvalue weighted by Crippen LogP contribution is -2.28. The Bertz CT molecular complexity index is 711. The highest BCUT2D eigenvalue weighted by molar-refractivity contribution is 6.09. The van der Waals surface area contributed by atoms with Gasteiger partial charge in [0, 0.05) is 19.3 Å². The van der Waals surface area contributed by atoms with Crippen LogP contribution in [0, 0.1) is 6.92 Å². The molecule has 2 aromatic rings. The van der Waals surface area contributed by atoms with Gasteiger partial charge in [-0.25, -0.2) is 9.78 Å². The predicted molar refractivity (Wildman–Crippen MR) is 81.7 cm³/mol. The van der Waals surface area contributed by atoms with Gasteiger partial charge in [0.1, 0.15) is 0 Å². The number of amides is 1. The molecule has 0 radical (unpaired) electrons. The van der Waals surface area contributed by atoms with E-state index in [9.17, 15) is 14.7 Å². The zero-order chi connectivity index (χ0) is 16.3. The first-order valence-electron chi connectivity index (χ1n) is 6.56. The number of methoxy groups -OCH3 is 1. The van der Waals surface area contributed by atoms with Crippen LogP contribution in [-0.4, -0.2) is 36.1 Å². The average Bonchev–Trinajstić information content (AvgIpc) is 2.53. The minimum Gasteiger partial charge on any atom is -0.481 e. The Balaban J connectivity index is 2.40. The smallest absolute Gasteiger partial charge is 0.337 e. The Labute approximate surface area is 128 Å². The van der Waals surface area contributed by atoms with Crippen molar-refractivity contribution in [3.8, 4) is 5.88 Å². The molecule has 6 nitrogen and oxygen atoms in total. The van der Waals surface area contributed by atoms with Crippen molar-refractivity contribution in [1.82, 2.24) is 4.98 Å². The van der Waals surface area contributed by atoms with Crippen LogP contribution >= 0.6 is 0 Å². The van der Waals surface area contributed by atoms with E-state index in [4.69, 9.17) is 4.74 Å². The van der Waals surface area contributed by atoms with Crippen molar-refractivity contribution in [2.45, 2.75) is 6.92 Å². The number of aromatic nitrogens is 1. The quantitative estimate of drug-likeness (QED) is 0.937. The summed E-state index contributed by atoms with van der Waals surface area (Å²) in [7, 11) is 3.03. The van der Waals surface area contributed by atoms with E-state index in [0.717, 1.165) is 0 Å². The molecule has 1 heterocycles. The molecule has 6 heteroatoms. The fourth-order valence-corrected chi connectivity index (χ4v) is 2.20. The molecule has 0 aliphatic heterocycles. The molecule has 0 saturated heterocycles. The number of carbonyl (C=O) groups is 2. The number of hydrogen-bond donors (Lipinski definition) is 1. The Morgan fingerprint density at radius 3 is 2.50 bits per heavy atom. The molecule has 0 fully saturated rings. The highest BCUT2D eigenvalue weighted by atomic mass is 16.5. The number of aromatic carboxylic acids is 1. The number of hydrogen-bond acceptors (Lipinski definition) is 4. The van der Waals surface area contributed by atoms with E-state index in [-0.39, 0.29) is 11.5 Å². The second-order valence-electron chi connectivity index (χ2n) is 4.73. The van der Waals surface area contributed by atoms with Crippen molar-refractivity contribution in [1.29, 1.82) is 0 Å². The largest absolute Gasteiger partial charge is 0.481 e. The highest BCUT2D eigenvalue weighted by Gasteiger charge is 2.21. The fraction of sp³-hybridized carbons (Fsp3) is 0.188. The zero-order valence-corrected chi connectivity index (χ0v) is 12.5. The fourth-order valence-electron chi connectivity index (χ4n) is 2.20. The number of rotatable bonds is 4. The maximum atomic E-state index is 12.5. The molecule has 22 heavy (non-hydrogen) atoms. The van der Waals surface area contributed by atoms with Crippen LogP contribution in [0.3, 0.4) is 0 Å². The normalized spacial score (nSPS) is 10.1. The van der Waals surface area contributed by atoms with Gasteiger partial charge in [0.25, 0.3) is 5.91 Å². The lowest BCUT2D eigenvalue weighted by Gasteiger charge is -2.21. The number of para-hydroxylation sites is 1. The first kappa shape index (κ1) is 15.5. The summed E-state index contributed by atoms with van der Waals surface area (Å²) < 4.78 is 4.95.